The van der Waals surface area contributed by atoms with Gasteiger partial charge < -0.3 is 14.4 Å². The summed E-state index contributed by atoms with van der Waals surface area (Å²) in [7, 11) is 2.05. The summed E-state index contributed by atoms with van der Waals surface area (Å²) in [5.74, 6) is 2.67. The average Bonchev–Trinajstić information content (AvgIpc) is 3.44. The summed E-state index contributed by atoms with van der Waals surface area (Å²) in [6.45, 7) is 5.41. The van der Waals surface area contributed by atoms with Gasteiger partial charge in [0.15, 0.2) is 5.82 Å². The minimum absolute atomic E-state index is 0.315. The highest BCUT2D eigenvalue weighted by Gasteiger charge is 2.27. The highest BCUT2D eigenvalue weighted by molar-refractivity contribution is 5.76. The molecule has 0 spiro atoms. The van der Waals surface area contributed by atoms with Gasteiger partial charge in [0.1, 0.15) is 12.4 Å². The third kappa shape index (κ3) is 4.21. The highest BCUT2D eigenvalue weighted by Crippen LogP contribution is 2.26. The summed E-state index contributed by atoms with van der Waals surface area (Å²) in [5, 5.41) is 13.1. The van der Waals surface area contributed by atoms with Gasteiger partial charge in [0, 0.05) is 58.0 Å². The summed E-state index contributed by atoms with van der Waals surface area (Å²) in [6.07, 6.45) is 8.94. The number of rotatable bonds is 6. The van der Waals surface area contributed by atoms with Gasteiger partial charge in [-0.3, -0.25) is 9.48 Å². The first kappa shape index (κ1) is 18.2. The number of carbonyl (C=O) groups is 1. The van der Waals surface area contributed by atoms with Crippen LogP contribution < -0.4 is 0 Å². The van der Waals surface area contributed by atoms with Crippen molar-refractivity contribution in [1.29, 1.82) is 0 Å². The molecule has 4 rings (SSSR count). The number of piperidine rings is 1. The van der Waals surface area contributed by atoms with E-state index in [1.54, 1.807) is 6.20 Å². The van der Waals surface area contributed by atoms with Crippen molar-refractivity contribution in [3.8, 4) is 0 Å². The number of amides is 1. The largest absolute Gasteiger partial charge is 0.343 e. The smallest absolute Gasteiger partial charge is 0.223 e. The van der Waals surface area contributed by atoms with Crippen LogP contribution in [0.15, 0.2) is 18.5 Å². The Morgan fingerprint density at radius 3 is 2.81 bits per heavy atom. The Bertz CT molecular complexity index is 748. The van der Waals surface area contributed by atoms with Crippen LogP contribution in [0.5, 0.6) is 0 Å². The lowest BCUT2D eigenvalue weighted by Gasteiger charge is -2.32. The molecule has 27 heavy (non-hydrogen) atoms. The van der Waals surface area contributed by atoms with Gasteiger partial charge >= 0.3 is 0 Å². The third-order valence-electron chi connectivity index (χ3n) is 5.83. The maximum Gasteiger partial charge on any atom is 0.223 e. The number of carbonyl (C=O) groups excluding carboxylic acids is 1. The minimum atomic E-state index is 0.315. The second-order valence-corrected chi connectivity index (χ2v) is 7.71. The van der Waals surface area contributed by atoms with E-state index in [0.29, 0.717) is 24.8 Å². The predicted octanol–water partition coefficient (Wildman–Crippen LogP) is 1.25. The third-order valence-corrected chi connectivity index (χ3v) is 5.83. The molecule has 1 amide bonds. The first-order valence-electron chi connectivity index (χ1n) is 10.1. The lowest BCUT2D eigenvalue weighted by Crippen LogP contribution is -2.38. The van der Waals surface area contributed by atoms with Crippen molar-refractivity contribution in [2.45, 2.75) is 44.6 Å². The van der Waals surface area contributed by atoms with E-state index in [1.807, 2.05) is 28.9 Å². The van der Waals surface area contributed by atoms with Gasteiger partial charge in [-0.25, -0.2) is 0 Å². The van der Waals surface area contributed by atoms with Crippen molar-refractivity contribution in [3.63, 3.8) is 0 Å². The Labute approximate surface area is 160 Å². The van der Waals surface area contributed by atoms with E-state index in [2.05, 4.69) is 24.8 Å². The van der Waals surface area contributed by atoms with Gasteiger partial charge in [0.2, 0.25) is 5.91 Å². The maximum absolute atomic E-state index is 12.3. The van der Waals surface area contributed by atoms with E-state index in [1.165, 1.54) is 0 Å². The SMILES string of the molecule is Cn1c(Cn2cccn2)nnc1C1CCCN(CCC(=O)N2CCCC2)C1. The Kier molecular flexibility index (Phi) is 5.52. The molecule has 0 N–H and O–H groups in total. The normalized spacial score (nSPS) is 21.1. The van der Waals surface area contributed by atoms with Gasteiger partial charge in [-0.1, -0.05) is 0 Å². The van der Waals surface area contributed by atoms with Gasteiger partial charge in [-0.05, 0) is 38.3 Å². The van der Waals surface area contributed by atoms with Crippen LogP contribution in [0.3, 0.4) is 0 Å². The molecule has 2 aromatic rings. The number of likely N-dealkylation sites (tertiary alicyclic amines) is 2. The summed E-state index contributed by atoms with van der Waals surface area (Å²) in [4.78, 5) is 16.8. The zero-order valence-electron chi connectivity index (χ0n) is 16.1. The van der Waals surface area contributed by atoms with Crippen LogP contribution in [0, 0.1) is 0 Å². The van der Waals surface area contributed by atoms with E-state index in [9.17, 15) is 4.79 Å². The van der Waals surface area contributed by atoms with Crippen molar-refractivity contribution in [2.24, 2.45) is 7.05 Å². The van der Waals surface area contributed by atoms with E-state index < -0.39 is 0 Å². The molecule has 4 heterocycles. The highest BCUT2D eigenvalue weighted by atomic mass is 16.2. The minimum Gasteiger partial charge on any atom is -0.343 e. The molecule has 1 atom stereocenters. The summed E-state index contributed by atoms with van der Waals surface area (Å²) < 4.78 is 3.98. The molecule has 2 aliphatic heterocycles. The topological polar surface area (TPSA) is 72.1 Å². The van der Waals surface area contributed by atoms with Crippen LogP contribution >= 0.6 is 0 Å². The van der Waals surface area contributed by atoms with Crippen LogP contribution in [-0.2, 0) is 18.4 Å². The molecule has 2 aliphatic rings. The lowest BCUT2D eigenvalue weighted by atomic mass is 9.97. The summed E-state index contributed by atoms with van der Waals surface area (Å²) in [5.41, 5.74) is 0. The Morgan fingerprint density at radius 1 is 1.19 bits per heavy atom. The van der Waals surface area contributed by atoms with E-state index in [4.69, 9.17) is 0 Å². The molecule has 0 bridgehead atoms. The monoisotopic (exact) mass is 371 g/mol. The molecular weight excluding hydrogens is 342 g/mol. The average molecular weight is 371 g/mol. The summed E-state index contributed by atoms with van der Waals surface area (Å²) in [6, 6.07) is 1.92. The molecule has 2 fully saturated rings. The van der Waals surface area contributed by atoms with Crippen molar-refractivity contribution in [2.75, 3.05) is 32.7 Å². The van der Waals surface area contributed by atoms with Crippen LogP contribution in [0.25, 0.3) is 0 Å². The molecule has 0 aliphatic carbocycles. The standard InChI is InChI=1S/C19H29N7O/c1-23-17(15-26-12-5-8-20-26)21-22-19(23)16-6-4-9-24(14-16)13-7-18(27)25-10-2-3-11-25/h5,8,12,16H,2-4,6-7,9-11,13-15H2,1H3. The van der Waals surface area contributed by atoms with Crippen molar-refractivity contribution in [1.82, 2.24) is 34.3 Å². The zero-order valence-corrected chi connectivity index (χ0v) is 16.1. The molecule has 0 saturated carbocycles. The molecule has 8 heteroatoms. The molecular formula is C19H29N7O. The number of hydrogen-bond acceptors (Lipinski definition) is 5. The fourth-order valence-electron chi connectivity index (χ4n) is 4.26. The van der Waals surface area contributed by atoms with Gasteiger partial charge in [0.05, 0.1) is 0 Å². The number of hydrogen-bond donors (Lipinski definition) is 0. The first-order chi connectivity index (χ1) is 13.2. The van der Waals surface area contributed by atoms with Crippen LogP contribution in [0.4, 0.5) is 0 Å². The second-order valence-electron chi connectivity index (χ2n) is 7.71. The van der Waals surface area contributed by atoms with Crippen LogP contribution in [-0.4, -0.2) is 73.0 Å². The lowest BCUT2D eigenvalue weighted by molar-refractivity contribution is -0.130. The Hall–Kier alpha value is -2.22. The Balaban J connectivity index is 1.34. The van der Waals surface area contributed by atoms with E-state index in [-0.39, 0.29) is 0 Å². The van der Waals surface area contributed by atoms with E-state index >= 15 is 0 Å². The van der Waals surface area contributed by atoms with Gasteiger partial charge in [0.25, 0.3) is 0 Å². The van der Waals surface area contributed by atoms with Gasteiger partial charge in [-0.2, -0.15) is 5.10 Å². The van der Waals surface area contributed by atoms with Crippen molar-refractivity contribution >= 4 is 5.91 Å². The Morgan fingerprint density at radius 2 is 2.04 bits per heavy atom. The quantitative estimate of drug-likeness (QED) is 0.764. The molecule has 0 radical (unpaired) electrons. The van der Waals surface area contributed by atoms with Crippen molar-refractivity contribution < 1.29 is 4.79 Å². The van der Waals surface area contributed by atoms with Gasteiger partial charge in [-0.15, -0.1) is 10.2 Å². The summed E-state index contributed by atoms with van der Waals surface area (Å²) >= 11 is 0. The van der Waals surface area contributed by atoms with E-state index in [0.717, 1.165) is 70.1 Å². The fourth-order valence-corrected chi connectivity index (χ4v) is 4.26. The zero-order chi connectivity index (χ0) is 18.6. The number of aromatic nitrogens is 5. The molecule has 2 saturated heterocycles. The first-order valence-corrected chi connectivity index (χ1v) is 10.1. The maximum atomic E-state index is 12.3. The number of nitrogens with zero attached hydrogens (tertiary/aromatic N) is 7. The molecule has 146 valence electrons. The molecule has 2 aromatic heterocycles. The fraction of sp³-hybridized carbons (Fsp3) is 0.684. The predicted molar refractivity (Wildman–Crippen MR) is 101 cm³/mol. The molecule has 1 unspecified atom stereocenters. The molecule has 0 aromatic carbocycles. The van der Waals surface area contributed by atoms with Crippen LogP contribution in [0.2, 0.25) is 0 Å². The van der Waals surface area contributed by atoms with Crippen LogP contribution in [0.1, 0.15) is 49.7 Å². The van der Waals surface area contributed by atoms with Crippen molar-refractivity contribution in [3.05, 3.63) is 30.1 Å². The molecule has 8 nitrogen and oxygen atoms in total. The second kappa shape index (κ2) is 8.21.